The van der Waals surface area contributed by atoms with Gasteiger partial charge in [0, 0.05) is 10.4 Å². The lowest BCUT2D eigenvalue weighted by molar-refractivity contribution is 0.0685. The van der Waals surface area contributed by atoms with Crippen LogP contribution in [0, 0.1) is 6.92 Å². The van der Waals surface area contributed by atoms with E-state index in [0.717, 1.165) is 4.57 Å². The third-order valence-corrected chi connectivity index (χ3v) is 2.68. The molecule has 0 saturated heterocycles. The van der Waals surface area contributed by atoms with Gasteiger partial charge in [0.2, 0.25) is 0 Å². The molecule has 0 aliphatic rings. The highest BCUT2D eigenvalue weighted by Gasteiger charge is 2.20. The highest BCUT2D eigenvalue weighted by atomic mass is 35.5. The lowest BCUT2D eigenvalue weighted by Gasteiger charge is -2.04. The topological polar surface area (TPSA) is 79.5 Å². The molecule has 88 valence electrons. The summed E-state index contributed by atoms with van der Waals surface area (Å²) in [7, 11) is 0. The average Bonchev–Trinajstić information content (AvgIpc) is 2.56. The van der Waals surface area contributed by atoms with Gasteiger partial charge in [0.05, 0.1) is 5.52 Å². The summed E-state index contributed by atoms with van der Waals surface area (Å²) >= 11 is 5.84. The Morgan fingerprint density at radius 2 is 1.88 bits per heavy atom. The summed E-state index contributed by atoms with van der Waals surface area (Å²) in [6.45, 7) is 1.68. The van der Waals surface area contributed by atoms with E-state index in [1.54, 1.807) is 13.0 Å². The predicted octanol–water partition coefficient (Wildman–Crippen LogP) is 2.83. The molecule has 6 heteroatoms. The number of fused-ring (bicyclic) bond motifs is 1. The van der Waals surface area contributed by atoms with E-state index in [-0.39, 0.29) is 5.69 Å². The molecular formula is C11H8ClNO4. The molecule has 1 heterocycles. The van der Waals surface area contributed by atoms with Crippen LogP contribution in [0.4, 0.5) is 4.79 Å². The number of nitrogens with zero attached hydrogens (tertiary/aromatic N) is 1. The zero-order valence-electron chi connectivity index (χ0n) is 8.77. The lowest BCUT2D eigenvalue weighted by Crippen LogP contribution is -2.15. The Balaban J connectivity index is 2.95. The molecule has 0 atom stereocenters. The number of carbonyl (C=O) groups is 2. The number of rotatable bonds is 1. The predicted molar refractivity (Wildman–Crippen MR) is 62.1 cm³/mol. The molecule has 0 radical (unpaired) electrons. The largest absolute Gasteiger partial charge is 0.477 e. The number of aryl methyl sites for hydroxylation is 1. The standard InChI is InChI=1S/C11H8ClNO4/c1-5-2-7(12)3-6-4-8(10(14)15)13(9(5)6)11(16)17/h2-4H,1H3,(H,14,15)(H,16,17). The second-order valence-electron chi connectivity index (χ2n) is 3.61. The summed E-state index contributed by atoms with van der Waals surface area (Å²) < 4.78 is 0.753. The number of hydrogen-bond donors (Lipinski definition) is 2. The summed E-state index contributed by atoms with van der Waals surface area (Å²) in [4.78, 5) is 22.1. The zero-order chi connectivity index (χ0) is 12.7. The van der Waals surface area contributed by atoms with Crippen LogP contribution in [0.1, 0.15) is 16.1 Å². The van der Waals surface area contributed by atoms with Crippen molar-refractivity contribution < 1.29 is 19.8 Å². The van der Waals surface area contributed by atoms with Crippen molar-refractivity contribution in [3.8, 4) is 0 Å². The van der Waals surface area contributed by atoms with E-state index in [1.165, 1.54) is 12.1 Å². The Bertz CT molecular complexity index is 644. The Morgan fingerprint density at radius 1 is 1.24 bits per heavy atom. The molecular weight excluding hydrogens is 246 g/mol. The Morgan fingerprint density at radius 3 is 2.41 bits per heavy atom. The molecule has 2 rings (SSSR count). The fourth-order valence-corrected chi connectivity index (χ4v) is 2.15. The maximum absolute atomic E-state index is 11.1. The fourth-order valence-electron chi connectivity index (χ4n) is 1.87. The Kier molecular flexibility index (Phi) is 2.55. The number of aromatic nitrogens is 1. The molecule has 1 aromatic heterocycles. The molecule has 0 fully saturated rings. The van der Waals surface area contributed by atoms with E-state index in [4.69, 9.17) is 21.8 Å². The molecule has 2 N–H and O–H groups in total. The molecule has 0 spiro atoms. The van der Waals surface area contributed by atoms with Crippen LogP contribution in [-0.4, -0.2) is 26.8 Å². The van der Waals surface area contributed by atoms with Crippen LogP contribution < -0.4 is 0 Å². The van der Waals surface area contributed by atoms with E-state index < -0.39 is 12.1 Å². The molecule has 2 aromatic rings. The van der Waals surface area contributed by atoms with E-state index in [2.05, 4.69) is 0 Å². The number of benzene rings is 1. The smallest absolute Gasteiger partial charge is 0.416 e. The molecule has 0 aliphatic carbocycles. The second-order valence-corrected chi connectivity index (χ2v) is 4.05. The van der Waals surface area contributed by atoms with Crippen LogP contribution in [0.15, 0.2) is 18.2 Å². The molecule has 17 heavy (non-hydrogen) atoms. The molecule has 1 aromatic carbocycles. The minimum absolute atomic E-state index is 0.294. The highest BCUT2D eigenvalue weighted by Crippen LogP contribution is 2.27. The van der Waals surface area contributed by atoms with E-state index in [1.807, 2.05) is 0 Å². The first-order valence-corrected chi connectivity index (χ1v) is 5.08. The molecule has 0 unspecified atom stereocenters. The number of carboxylic acid groups (broad SMARTS) is 2. The van der Waals surface area contributed by atoms with Gasteiger partial charge >= 0.3 is 12.1 Å². The van der Waals surface area contributed by atoms with Gasteiger partial charge in [0.25, 0.3) is 0 Å². The first kappa shape index (κ1) is 11.5. The summed E-state index contributed by atoms with van der Waals surface area (Å²) in [5, 5.41) is 19.0. The second kappa shape index (κ2) is 3.78. The van der Waals surface area contributed by atoms with Crippen molar-refractivity contribution in [3.63, 3.8) is 0 Å². The van der Waals surface area contributed by atoms with Gasteiger partial charge in [0.15, 0.2) is 0 Å². The Hall–Kier alpha value is -2.01. The highest BCUT2D eigenvalue weighted by molar-refractivity contribution is 6.31. The number of halogens is 1. The minimum Gasteiger partial charge on any atom is -0.477 e. The minimum atomic E-state index is -1.33. The molecule has 0 amide bonds. The van der Waals surface area contributed by atoms with Crippen LogP contribution in [0.25, 0.3) is 10.9 Å². The SMILES string of the molecule is Cc1cc(Cl)cc2cc(C(=O)O)n(C(=O)O)c12. The van der Waals surface area contributed by atoms with Crippen molar-refractivity contribution in [1.29, 1.82) is 0 Å². The van der Waals surface area contributed by atoms with Crippen LogP contribution >= 0.6 is 11.6 Å². The third-order valence-electron chi connectivity index (χ3n) is 2.46. The van der Waals surface area contributed by atoms with Crippen molar-refractivity contribution in [2.75, 3.05) is 0 Å². The molecule has 0 aliphatic heterocycles. The van der Waals surface area contributed by atoms with Crippen LogP contribution in [0.5, 0.6) is 0 Å². The van der Waals surface area contributed by atoms with Gasteiger partial charge in [-0.15, -0.1) is 0 Å². The first-order chi connectivity index (χ1) is 7.91. The first-order valence-electron chi connectivity index (χ1n) is 4.70. The lowest BCUT2D eigenvalue weighted by atomic mass is 10.1. The van der Waals surface area contributed by atoms with Gasteiger partial charge in [-0.05, 0) is 30.7 Å². The third kappa shape index (κ3) is 1.74. The summed E-state index contributed by atoms with van der Waals surface area (Å²) in [6.07, 6.45) is -1.33. The average molecular weight is 254 g/mol. The van der Waals surface area contributed by atoms with Gasteiger partial charge < -0.3 is 10.2 Å². The van der Waals surface area contributed by atoms with E-state index in [0.29, 0.717) is 21.5 Å². The van der Waals surface area contributed by atoms with Crippen molar-refractivity contribution in [1.82, 2.24) is 4.57 Å². The fraction of sp³-hybridized carbons (Fsp3) is 0.0909. The Labute approximate surface area is 101 Å². The van der Waals surface area contributed by atoms with Gasteiger partial charge in [-0.2, -0.15) is 0 Å². The molecule has 5 nitrogen and oxygen atoms in total. The van der Waals surface area contributed by atoms with Gasteiger partial charge in [-0.25, -0.2) is 14.2 Å². The maximum atomic E-state index is 11.1. The number of aromatic carboxylic acids is 1. The van der Waals surface area contributed by atoms with E-state index in [9.17, 15) is 9.59 Å². The van der Waals surface area contributed by atoms with Gasteiger partial charge in [0.1, 0.15) is 5.69 Å². The zero-order valence-corrected chi connectivity index (χ0v) is 9.52. The van der Waals surface area contributed by atoms with Crippen LogP contribution in [0.2, 0.25) is 5.02 Å². The summed E-state index contributed by atoms with van der Waals surface area (Å²) in [5.41, 5.74) is 0.666. The van der Waals surface area contributed by atoms with Crippen LogP contribution in [0.3, 0.4) is 0 Å². The maximum Gasteiger partial charge on any atom is 0.416 e. The normalized spacial score (nSPS) is 10.7. The summed E-state index contributed by atoms with van der Waals surface area (Å²) in [6, 6.07) is 4.43. The molecule has 0 bridgehead atoms. The quantitative estimate of drug-likeness (QED) is 0.819. The number of carboxylic acids is 1. The van der Waals surface area contributed by atoms with Crippen LogP contribution in [-0.2, 0) is 0 Å². The van der Waals surface area contributed by atoms with Gasteiger partial charge in [-0.1, -0.05) is 11.6 Å². The van der Waals surface area contributed by atoms with Crippen molar-refractivity contribution >= 4 is 34.6 Å². The summed E-state index contributed by atoms with van der Waals surface area (Å²) in [5.74, 6) is -1.29. The van der Waals surface area contributed by atoms with Crippen molar-refractivity contribution in [2.24, 2.45) is 0 Å². The van der Waals surface area contributed by atoms with E-state index >= 15 is 0 Å². The monoisotopic (exact) mass is 253 g/mol. The molecule has 0 saturated carbocycles. The van der Waals surface area contributed by atoms with Crippen molar-refractivity contribution in [3.05, 3.63) is 34.5 Å². The van der Waals surface area contributed by atoms with Gasteiger partial charge in [-0.3, -0.25) is 0 Å². The number of hydrogen-bond acceptors (Lipinski definition) is 2. The van der Waals surface area contributed by atoms with Crippen molar-refractivity contribution in [2.45, 2.75) is 6.92 Å².